The third kappa shape index (κ3) is 2.62. The van der Waals surface area contributed by atoms with Crippen LogP contribution in [0.15, 0.2) is 5.11 Å². The maximum atomic E-state index is 12.8. The highest BCUT2D eigenvalue weighted by molar-refractivity contribution is 5.78. The molecule has 9 heteroatoms. The van der Waals surface area contributed by atoms with E-state index in [0.717, 1.165) is 12.0 Å². The Kier molecular flexibility index (Phi) is 3.84. The molecule has 1 rings (SSSR count). The predicted octanol–water partition coefficient (Wildman–Crippen LogP) is 1.48. The van der Waals surface area contributed by atoms with Gasteiger partial charge < -0.3 is 9.64 Å². The fourth-order valence-electron chi connectivity index (χ4n) is 1.70. The average Bonchev–Trinajstić information content (AvgIpc) is 2.70. The lowest BCUT2D eigenvalue weighted by Gasteiger charge is -2.30. The zero-order valence-corrected chi connectivity index (χ0v) is 9.07. The molecule has 0 N–H and O–H groups in total. The maximum absolute atomic E-state index is 12.8. The highest BCUT2D eigenvalue weighted by Gasteiger charge is 2.59. The summed E-state index contributed by atoms with van der Waals surface area (Å²) < 4.78 is 42.8. The van der Waals surface area contributed by atoms with E-state index < -0.39 is 30.8 Å². The normalized spacial score (nSPS) is 24.6. The van der Waals surface area contributed by atoms with E-state index in [1.165, 1.54) is 0 Å². The van der Waals surface area contributed by atoms with E-state index in [1.807, 2.05) is 0 Å². The summed E-state index contributed by atoms with van der Waals surface area (Å²) >= 11 is 0. The lowest BCUT2D eigenvalue weighted by Crippen LogP contribution is -2.49. The summed E-state index contributed by atoms with van der Waals surface area (Å²) in [5.41, 5.74) is 5.71. The summed E-state index contributed by atoms with van der Waals surface area (Å²) in [4.78, 5) is 14.7. The molecule has 1 atom stereocenters. The molecule has 6 nitrogen and oxygen atoms in total. The molecule has 0 aromatic heterocycles. The Morgan fingerprint density at radius 2 is 2.29 bits per heavy atom. The molecule has 0 saturated carbocycles. The minimum Gasteiger partial charge on any atom is -0.367 e. The Bertz CT molecular complexity index is 353. The van der Waals surface area contributed by atoms with Crippen molar-refractivity contribution in [2.75, 3.05) is 26.7 Å². The summed E-state index contributed by atoms with van der Waals surface area (Å²) in [6, 6.07) is 0. The molecule has 1 saturated heterocycles. The Balaban J connectivity index is 2.74. The minimum absolute atomic E-state index is 0.0624. The second-order valence-electron chi connectivity index (χ2n) is 3.65. The molecule has 96 valence electrons. The van der Waals surface area contributed by atoms with Gasteiger partial charge in [0.2, 0.25) is 5.91 Å². The van der Waals surface area contributed by atoms with Crippen LogP contribution in [0, 0.1) is 0 Å². The van der Waals surface area contributed by atoms with E-state index in [0.29, 0.717) is 0 Å². The molecule has 0 bridgehead atoms. The summed E-state index contributed by atoms with van der Waals surface area (Å²) in [6.45, 7) is -1.10. The second-order valence-corrected chi connectivity index (χ2v) is 3.65. The number of carbonyl (C=O) groups excluding carboxylic acids is 1. The monoisotopic (exact) mass is 252 g/mol. The Morgan fingerprint density at radius 3 is 2.71 bits per heavy atom. The molecule has 1 heterocycles. The fraction of sp³-hybridized carbons (Fsp3) is 0.875. The van der Waals surface area contributed by atoms with Crippen LogP contribution in [0.2, 0.25) is 0 Å². The standard InChI is InChI=1S/C8H11F3N4O2/c1-17-7(8(9,10)11)2-3-15(5-7)6(16)4-13-14-12/h2-5H2,1H3. The van der Waals surface area contributed by atoms with Crippen molar-refractivity contribution in [3.63, 3.8) is 0 Å². The van der Waals surface area contributed by atoms with Crippen LogP contribution >= 0.6 is 0 Å². The topological polar surface area (TPSA) is 78.3 Å². The summed E-state index contributed by atoms with van der Waals surface area (Å²) in [5, 5.41) is 3.02. The molecule has 1 aliphatic heterocycles. The fourth-order valence-corrected chi connectivity index (χ4v) is 1.70. The number of azide groups is 1. The van der Waals surface area contributed by atoms with Crippen LogP contribution in [-0.2, 0) is 9.53 Å². The van der Waals surface area contributed by atoms with Crippen molar-refractivity contribution >= 4 is 5.91 Å². The molecular formula is C8H11F3N4O2. The van der Waals surface area contributed by atoms with Crippen LogP contribution in [0.4, 0.5) is 13.2 Å². The number of halogens is 3. The smallest absolute Gasteiger partial charge is 0.367 e. The first-order valence-corrected chi connectivity index (χ1v) is 4.77. The molecule has 0 radical (unpaired) electrons. The number of hydrogen-bond donors (Lipinski definition) is 0. The summed E-state index contributed by atoms with van der Waals surface area (Å²) in [6.07, 6.45) is -4.84. The molecule has 1 aliphatic rings. The van der Waals surface area contributed by atoms with Gasteiger partial charge in [0.25, 0.3) is 0 Å². The van der Waals surface area contributed by atoms with Crippen molar-refractivity contribution in [2.45, 2.75) is 18.2 Å². The van der Waals surface area contributed by atoms with Gasteiger partial charge in [-0.25, -0.2) is 0 Å². The van der Waals surface area contributed by atoms with Gasteiger partial charge in [-0.2, -0.15) is 13.2 Å². The average molecular weight is 252 g/mol. The number of hydrogen-bond acceptors (Lipinski definition) is 3. The molecule has 1 unspecified atom stereocenters. The molecule has 0 aliphatic carbocycles. The van der Waals surface area contributed by atoms with Crippen LogP contribution in [0.1, 0.15) is 6.42 Å². The first-order valence-electron chi connectivity index (χ1n) is 4.77. The largest absolute Gasteiger partial charge is 0.419 e. The van der Waals surface area contributed by atoms with Crippen LogP contribution in [0.5, 0.6) is 0 Å². The van der Waals surface area contributed by atoms with Crippen LogP contribution < -0.4 is 0 Å². The van der Waals surface area contributed by atoms with Crippen molar-refractivity contribution in [3.8, 4) is 0 Å². The quantitative estimate of drug-likeness (QED) is 0.433. The minimum atomic E-state index is -4.53. The third-order valence-corrected chi connectivity index (χ3v) is 2.76. The molecular weight excluding hydrogens is 241 g/mol. The number of likely N-dealkylation sites (tertiary alicyclic amines) is 1. The van der Waals surface area contributed by atoms with Gasteiger partial charge in [-0.1, -0.05) is 5.11 Å². The van der Waals surface area contributed by atoms with Crippen molar-refractivity contribution in [1.82, 2.24) is 4.90 Å². The molecule has 1 amide bonds. The van der Waals surface area contributed by atoms with Gasteiger partial charge in [-0.15, -0.1) is 0 Å². The summed E-state index contributed by atoms with van der Waals surface area (Å²) in [7, 11) is 0.967. The van der Waals surface area contributed by atoms with E-state index in [1.54, 1.807) is 0 Å². The number of nitrogens with zero attached hydrogens (tertiary/aromatic N) is 4. The van der Waals surface area contributed by atoms with E-state index >= 15 is 0 Å². The van der Waals surface area contributed by atoms with E-state index in [9.17, 15) is 18.0 Å². The molecule has 0 aromatic carbocycles. The molecule has 17 heavy (non-hydrogen) atoms. The van der Waals surface area contributed by atoms with Gasteiger partial charge in [0.05, 0.1) is 6.54 Å². The van der Waals surface area contributed by atoms with Gasteiger partial charge in [-0.3, -0.25) is 4.79 Å². The number of alkyl halides is 3. The lowest BCUT2D eigenvalue weighted by molar-refractivity contribution is -0.263. The number of methoxy groups -OCH3 is 1. The van der Waals surface area contributed by atoms with Gasteiger partial charge in [0.1, 0.15) is 6.54 Å². The van der Waals surface area contributed by atoms with Gasteiger partial charge >= 0.3 is 6.18 Å². The zero-order chi connectivity index (χ0) is 13.1. The highest BCUT2D eigenvalue weighted by Crippen LogP contribution is 2.40. The SMILES string of the molecule is COC1(C(F)(F)F)CCN(C(=O)CN=[N+]=[N-])C1. The lowest BCUT2D eigenvalue weighted by atomic mass is 10.0. The number of amides is 1. The highest BCUT2D eigenvalue weighted by atomic mass is 19.4. The van der Waals surface area contributed by atoms with Gasteiger partial charge in [0.15, 0.2) is 5.60 Å². The van der Waals surface area contributed by atoms with E-state index in [4.69, 9.17) is 5.53 Å². The molecule has 0 spiro atoms. The summed E-state index contributed by atoms with van der Waals surface area (Å²) in [5.74, 6) is -0.633. The van der Waals surface area contributed by atoms with Crippen LogP contribution in [-0.4, -0.2) is 49.3 Å². The van der Waals surface area contributed by atoms with Crippen molar-refractivity contribution in [3.05, 3.63) is 10.4 Å². The van der Waals surface area contributed by atoms with E-state index in [2.05, 4.69) is 14.8 Å². The Morgan fingerprint density at radius 1 is 1.65 bits per heavy atom. The number of carbonyl (C=O) groups is 1. The van der Waals surface area contributed by atoms with Crippen molar-refractivity contribution in [1.29, 1.82) is 0 Å². The zero-order valence-electron chi connectivity index (χ0n) is 9.07. The maximum Gasteiger partial charge on any atom is 0.419 e. The second kappa shape index (κ2) is 4.80. The van der Waals surface area contributed by atoms with E-state index in [-0.39, 0.29) is 13.0 Å². The van der Waals surface area contributed by atoms with Crippen LogP contribution in [0.25, 0.3) is 10.4 Å². The Labute approximate surface area is 95.0 Å². The third-order valence-electron chi connectivity index (χ3n) is 2.76. The van der Waals surface area contributed by atoms with Crippen molar-refractivity contribution in [2.24, 2.45) is 5.11 Å². The first-order chi connectivity index (χ1) is 7.86. The Hall–Kier alpha value is -1.47. The molecule has 1 fully saturated rings. The van der Waals surface area contributed by atoms with Crippen molar-refractivity contribution < 1.29 is 22.7 Å². The van der Waals surface area contributed by atoms with Crippen LogP contribution in [0.3, 0.4) is 0 Å². The van der Waals surface area contributed by atoms with Gasteiger partial charge in [0, 0.05) is 25.0 Å². The first kappa shape index (κ1) is 13.6. The number of rotatable bonds is 3. The van der Waals surface area contributed by atoms with Gasteiger partial charge in [-0.05, 0) is 5.53 Å². The number of ether oxygens (including phenoxy) is 1. The molecule has 0 aromatic rings. The predicted molar refractivity (Wildman–Crippen MR) is 51.0 cm³/mol.